The van der Waals surface area contributed by atoms with E-state index in [-0.39, 0.29) is 23.9 Å². The summed E-state index contributed by atoms with van der Waals surface area (Å²) in [6, 6.07) is 3.88. The second-order valence-electron chi connectivity index (χ2n) is 5.04. The minimum Gasteiger partial charge on any atom is -0.326 e. The van der Waals surface area contributed by atoms with E-state index < -0.39 is 15.8 Å². The SMILES string of the molecule is CC(C)C(C)CNS(=O)(=O)c1cc(CN)ccc1F. The van der Waals surface area contributed by atoms with Crippen LogP contribution in [0.15, 0.2) is 23.1 Å². The molecule has 0 saturated carbocycles. The lowest BCUT2D eigenvalue weighted by Gasteiger charge is -2.16. The van der Waals surface area contributed by atoms with E-state index in [1.807, 2.05) is 20.8 Å². The molecule has 3 N–H and O–H groups in total. The molecular weight excluding hydrogens is 267 g/mol. The first-order chi connectivity index (χ1) is 8.77. The van der Waals surface area contributed by atoms with Gasteiger partial charge in [0.05, 0.1) is 0 Å². The van der Waals surface area contributed by atoms with Crippen LogP contribution in [0.1, 0.15) is 26.3 Å². The molecule has 0 fully saturated rings. The van der Waals surface area contributed by atoms with E-state index in [1.54, 1.807) is 0 Å². The molecule has 0 aliphatic rings. The van der Waals surface area contributed by atoms with Gasteiger partial charge in [-0.1, -0.05) is 26.8 Å². The van der Waals surface area contributed by atoms with Crippen LogP contribution in [-0.4, -0.2) is 15.0 Å². The fourth-order valence-electron chi connectivity index (χ4n) is 1.44. The van der Waals surface area contributed by atoms with Gasteiger partial charge in [0, 0.05) is 13.1 Å². The van der Waals surface area contributed by atoms with Gasteiger partial charge >= 0.3 is 0 Å². The van der Waals surface area contributed by atoms with Crippen LogP contribution in [0.2, 0.25) is 0 Å². The van der Waals surface area contributed by atoms with Gasteiger partial charge < -0.3 is 5.73 Å². The van der Waals surface area contributed by atoms with E-state index in [2.05, 4.69) is 4.72 Å². The summed E-state index contributed by atoms with van der Waals surface area (Å²) in [5, 5.41) is 0. The van der Waals surface area contributed by atoms with Gasteiger partial charge in [0.1, 0.15) is 10.7 Å². The molecule has 0 saturated heterocycles. The first-order valence-electron chi connectivity index (χ1n) is 6.26. The molecule has 0 amide bonds. The van der Waals surface area contributed by atoms with E-state index in [0.29, 0.717) is 11.5 Å². The van der Waals surface area contributed by atoms with Gasteiger partial charge in [0.2, 0.25) is 10.0 Å². The zero-order valence-corrected chi connectivity index (χ0v) is 12.3. The van der Waals surface area contributed by atoms with Crippen molar-refractivity contribution < 1.29 is 12.8 Å². The van der Waals surface area contributed by atoms with Crippen molar-refractivity contribution in [2.45, 2.75) is 32.2 Å². The Morgan fingerprint density at radius 1 is 1.32 bits per heavy atom. The number of benzene rings is 1. The first-order valence-corrected chi connectivity index (χ1v) is 7.74. The van der Waals surface area contributed by atoms with E-state index in [0.717, 1.165) is 6.07 Å². The molecule has 4 nitrogen and oxygen atoms in total. The lowest BCUT2D eigenvalue weighted by molar-refractivity contribution is 0.414. The Morgan fingerprint density at radius 2 is 1.95 bits per heavy atom. The minimum absolute atomic E-state index is 0.172. The third-order valence-electron chi connectivity index (χ3n) is 3.25. The van der Waals surface area contributed by atoms with Crippen LogP contribution in [0.4, 0.5) is 4.39 Å². The summed E-state index contributed by atoms with van der Waals surface area (Å²) in [6.07, 6.45) is 0. The molecular formula is C13H21FN2O2S. The zero-order valence-electron chi connectivity index (χ0n) is 11.5. The Balaban J connectivity index is 2.94. The molecule has 1 rings (SSSR count). The molecule has 108 valence electrons. The summed E-state index contributed by atoms with van der Waals surface area (Å²) in [4.78, 5) is -0.341. The van der Waals surface area contributed by atoms with Crippen LogP contribution >= 0.6 is 0 Å². The lowest BCUT2D eigenvalue weighted by Crippen LogP contribution is -2.31. The van der Waals surface area contributed by atoms with Crippen molar-refractivity contribution in [1.29, 1.82) is 0 Å². The third-order valence-corrected chi connectivity index (χ3v) is 4.69. The van der Waals surface area contributed by atoms with Crippen LogP contribution in [-0.2, 0) is 16.6 Å². The molecule has 0 aliphatic carbocycles. The molecule has 0 spiro atoms. The highest BCUT2D eigenvalue weighted by Crippen LogP contribution is 2.17. The van der Waals surface area contributed by atoms with Crippen molar-refractivity contribution >= 4 is 10.0 Å². The molecule has 0 radical (unpaired) electrons. The molecule has 0 bridgehead atoms. The van der Waals surface area contributed by atoms with Crippen molar-refractivity contribution in [3.63, 3.8) is 0 Å². The van der Waals surface area contributed by atoms with Gasteiger partial charge in [-0.15, -0.1) is 0 Å². The maximum atomic E-state index is 13.6. The highest BCUT2D eigenvalue weighted by molar-refractivity contribution is 7.89. The topological polar surface area (TPSA) is 72.2 Å². The fraction of sp³-hybridized carbons (Fsp3) is 0.538. The fourth-order valence-corrected chi connectivity index (χ4v) is 2.70. The van der Waals surface area contributed by atoms with Crippen molar-refractivity contribution in [3.05, 3.63) is 29.6 Å². The van der Waals surface area contributed by atoms with Gasteiger partial charge in [-0.05, 0) is 29.5 Å². The summed E-state index contributed by atoms with van der Waals surface area (Å²) in [5.74, 6) is -0.236. The third kappa shape index (κ3) is 4.26. The van der Waals surface area contributed by atoms with Crippen molar-refractivity contribution in [1.82, 2.24) is 4.72 Å². The van der Waals surface area contributed by atoms with Crippen LogP contribution in [0.5, 0.6) is 0 Å². The lowest BCUT2D eigenvalue weighted by atomic mass is 9.99. The Hall–Kier alpha value is -0.980. The number of hydrogen-bond donors (Lipinski definition) is 2. The van der Waals surface area contributed by atoms with Crippen LogP contribution < -0.4 is 10.5 Å². The van der Waals surface area contributed by atoms with Crippen LogP contribution in [0.3, 0.4) is 0 Å². The Bertz CT molecular complexity index is 529. The molecule has 19 heavy (non-hydrogen) atoms. The molecule has 1 unspecified atom stereocenters. The predicted octanol–water partition coefficient (Wildman–Crippen LogP) is 1.85. The summed E-state index contributed by atoms with van der Waals surface area (Å²) in [5.41, 5.74) is 6.02. The van der Waals surface area contributed by atoms with Crippen molar-refractivity contribution in [2.24, 2.45) is 17.6 Å². The first kappa shape index (κ1) is 16.1. The largest absolute Gasteiger partial charge is 0.326 e. The highest BCUT2D eigenvalue weighted by atomic mass is 32.2. The van der Waals surface area contributed by atoms with E-state index in [4.69, 9.17) is 5.73 Å². The Kier molecular flexibility index (Phi) is 5.46. The van der Waals surface area contributed by atoms with E-state index >= 15 is 0 Å². The predicted molar refractivity (Wildman–Crippen MR) is 73.5 cm³/mol. The summed E-state index contributed by atoms with van der Waals surface area (Å²) in [7, 11) is -3.83. The Morgan fingerprint density at radius 3 is 2.47 bits per heavy atom. The number of sulfonamides is 1. The monoisotopic (exact) mass is 288 g/mol. The second kappa shape index (κ2) is 6.45. The standard InChI is InChI=1S/C13H21FN2O2S/c1-9(2)10(3)8-16-19(17,18)13-6-11(7-15)4-5-12(13)14/h4-6,9-10,16H,7-8,15H2,1-3H3. The van der Waals surface area contributed by atoms with Crippen LogP contribution in [0.25, 0.3) is 0 Å². The van der Waals surface area contributed by atoms with E-state index in [9.17, 15) is 12.8 Å². The average Bonchev–Trinajstić information content (AvgIpc) is 2.36. The van der Waals surface area contributed by atoms with Crippen molar-refractivity contribution in [3.8, 4) is 0 Å². The van der Waals surface area contributed by atoms with Gasteiger partial charge in [0.15, 0.2) is 0 Å². The minimum atomic E-state index is -3.83. The molecule has 1 atom stereocenters. The summed E-state index contributed by atoms with van der Waals surface area (Å²) >= 11 is 0. The molecule has 0 heterocycles. The molecule has 0 aromatic heterocycles. The van der Waals surface area contributed by atoms with Gasteiger partial charge in [-0.2, -0.15) is 0 Å². The number of nitrogens with one attached hydrogen (secondary N) is 1. The van der Waals surface area contributed by atoms with Gasteiger partial charge in [-0.3, -0.25) is 0 Å². The smallest absolute Gasteiger partial charge is 0.243 e. The average molecular weight is 288 g/mol. The number of hydrogen-bond acceptors (Lipinski definition) is 3. The summed E-state index contributed by atoms with van der Waals surface area (Å²) in [6.45, 7) is 6.42. The molecule has 1 aromatic rings. The van der Waals surface area contributed by atoms with Gasteiger partial charge in [0.25, 0.3) is 0 Å². The van der Waals surface area contributed by atoms with Crippen LogP contribution in [0, 0.1) is 17.7 Å². The van der Waals surface area contributed by atoms with Gasteiger partial charge in [-0.25, -0.2) is 17.5 Å². The normalized spacial score (nSPS) is 13.8. The number of rotatable bonds is 6. The quantitative estimate of drug-likeness (QED) is 0.839. The molecule has 1 aromatic carbocycles. The maximum Gasteiger partial charge on any atom is 0.243 e. The molecule has 0 aliphatic heterocycles. The Labute approximate surface area is 114 Å². The highest BCUT2D eigenvalue weighted by Gasteiger charge is 2.20. The zero-order chi connectivity index (χ0) is 14.6. The maximum absolute atomic E-state index is 13.6. The van der Waals surface area contributed by atoms with E-state index in [1.165, 1.54) is 12.1 Å². The summed E-state index contributed by atoms with van der Waals surface area (Å²) < 4.78 is 40.2. The number of halogens is 1. The molecule has 6 heteroatoms. The second-order valence-corrected chi connectivity index (χ2v) is 6.78. The van der Waals surface area contributed by atoms with Crippen molar-refractivity contribution in [2.75, 3.05) is 6.54 Å². The number of nitrogens with two attached hydrogens (primary N) is 1.